The van der Waals surface area contributed by atoms with Crippen LogP contribution in [-0.4, -0.2) is 209 Å². The molecule has 15 rings (SSSR count). The number of carbonyl (C=O) groups is 9. The van der Waals surface area contributed by atoms with E-state index in [2.05, 4.69) is 49.5 Å². The number of esters is 1. The number of likely N-dealkylation sites (N-methyl/N-ethyl adjacent to an activating group) is 1. The fourth-order valence-electron chi connectivity index (χ4n) is 15.2. The predicted molar refractivity (Wildman–Crippen MR) is 423 cm³/mol. The maximum atomic E-state index is 16.7. The fourth-order valence-corrected chi connectivity index (χ4v) is 15.6. The van der Waals surface area contributed by atoms with E-state index in [1.54, 1.807) is 0 Å². The second kappa shape index (κ2) is 37.6. The molecule has 122 heavy (non-hydrogen) atoms. The van der Waals surface area contributed by atoms with E-state index in [0.717, 1.165) is 118 Å². The number of aliphatic hydroxyl groups is 7. The number of fused-ring (bicyclic) bond motifs is 14. The molecular weight excluding hydrogens is 1640 g/mol. The van der Waals surface area contributed by atoms with E-state index in [1.807, 2.05) is 0 Å². The van der Waals surface area contributed by atoms with Crippen LogP contribution < -0.4 is 66.2 Å². The molecule has 18 atom stereocenters. The fraction of sp³-hybridized carbons (Fsp3) is 0.386. The van der Waals surface area contributed by atoms with Crippen LogP contribution in [0, 0.1) is 0 Å². The average Bonchev–Trinajstić information content (AvgIpc) is 0.755. The number of aromatic hydroxyl groups is 4. The number of carboxylic acids is 1. The Morgan fingerprint density at radius 2 is 1.18 bits per heavy atom. The van der Waals surface area contributed by atoms with Gasteiger partial charge in [0.1, 0.15) is 125 Å². The number of unbranched alkanes of at least 4 members (excludes halogenated alkanes) is 7. The summed E-state index contributed by atoms with van der Waals surface area (Å²) in [7, 11) is 2.38. The first-order valence-electron chi connectivity index (χ1n) is 38.9. The molecule has 2 fully saturated rings. The van der Waals surface area contributed by atoms with Gasteiger partial charge in [0, 0.05) is 47.2 Å². The molecule has 7 aromatic carbocycles. The molecule has 0 saturated carbocycles. The van der Waals surface area contributed by atoms with Crippen molar-refractivity contribution in [2.45, 2.75) is 181 Å². The van der Waals surface area contributed by atoms with E-state index in [0.29, 0.717) is 18.4 Å². The number of methoxy groups -OCH3 is 1. The number of ether oxygens (including phenoxy) is 8. The van der Waals surface area contributed by atoms with Crippen molar-refractivity contribution >= 4 is 76.5 Å². The summed E-state index contributed by atoms with van der Waals surface area (Å²) in [5.41, 5.74) is -3.19. The minimum Gasteiger partial charge on any atom is -0.508 e. The van der Waals surface area contributed by atoms with Gasteiger partial charge in [-0.1, -0.05) is 105 Å². The van der Waals surface area contributed by atoms with Crippen molar-refractivity contribution in [3.05, 3.63) is 164 Å². The number of amides is 7. The Kier molecular flexibility index (Phi) is 27.1. The van der Waals surface area contributed by atoms with Gasteiger partial charge in [0.05, 0.1) is 23.8 Å². The summed E-state index contributed by atoms with van der Waals surface area (Å²) >= 11 is 14.2. The largest absolute Gasteiger partial charge is 0.508 e. The van der Waals surface area contributed by atoms with Gasteiger partial charge in [-0.3, -0.25) is 33.6 Å². The minimum absolute atomic E-state index is 0.124. The maximum Gasteiger partial charge on any atom is 0.337 e. The van der Waals surface area contributed by atoms with Gasteiger partial charge in [-0.05, 0) is 114 Å². The van der Waals surface area contributed by atoms with Gasteiger partial charge < -0.3 is 142 Å². The molecule has 8 aliphatic heterocycles. The van der Waals surface area contributed by atoms with Crippen LogP contribution in [-0.2, 0) is 63.8 Å². The monoisotopic (exact) mass is 1730 g/mol. The lowest BCUT2D eigenvalue weighted by Gasteiger charge is -2.41. The van der Waals surface area contributed by atoms with Crippen LogP contribution in [0.25, 0.3) is 11.1 Å². The van der Waals surface area contributed by atoms with Crippen molar-refractivity contribution in [3.8, 4) is 80.1 Å². The second-order valence-electron chi connectivity index (χ2n) is 29.9. The molecule has 20 N–H and O–H groups in total. The number of carboxylic acid groups (broad SMARTS) is 1. The van der Waals surface area contributed by atoms with Crippen LogP contribution >= 0.6 is 23.2 Å². The molecule has 0 aliphatic carbocycles. The van der Waals surface area contributed by atoms with Crippen molar-refractivity contribution in [2.75, 3.05) is 20.8 Å². The summed E-state index contributed by atoms with van der Waals surface area (Å²) in [6.07, 6.45) is -14.5. The van der Waals surface area contributed by atoms with Gasteiger partial charge in [0.15, 0.2) is 35.1 Å². The molecule has 8 aliphatic rings. The van der Waals surface area contributed by atoms with Gasteiger partial charge in [-0.15, -0.1) is 0 Å². The third-order valence-corrected chi connectivity index (χ3v) is 22.4. The number of hydrogen-bond donors (Lipinski definition) is 20. The number of phenols is 4. The highest BCUT2D eigenvalue weighted by Gasteiger charge is 2.52. The number of rotatable bonds is 18. The van der Waals surface area contributed by atoms with Crippen molar-refractivity contribution in [2.24, 2.45) is 0 Å². The number of nitrogens with one attached hydrogen (secondary N) is 8. The molecular formula is C83H88Cl2N8O29. The zero-order chi connectivity index (χ0) is 87.4. The van der Waals surface area contributed by atoms with Gasteiger partial charge in [-0.2, -0.15) is 0 Å². The maximum absolute atomic E-state index is 16.7. The smallest absolute Gasteiger partial charge is 0.337 e. The number of aliphatic carboxylic acids is 1. The Morgan fingerprint density at radius 1 is 0.541 bits per heavy atom. The first-order valence-corrected chi connectivity index (χ1v) is 39.7. The number of aliphatic hydroxyl groups excluding tert-OH is 7. The highest BCUT2D eigenvalue weighted by atomic mass is 35.5. The molecule has 8 heterocycles. The van der Waals surface area contributed by atoms with Crippen LogP contribution in [0.3, 0.4) is 0 Å². The quantitative estimate of drug-likeness (QED) is 0.0426. The number of halogens is 2. The third kappa shape index (κ3) is 18.8. The van der Waals surface area contributed by atoms with E-state index in [-0.39, 0.29) is 34.8 Å². The molecule has 0 aromatic heterocycles. The van der Waals surface area contributed by atoms with Crippen molar-refractivity contribution in [3.63, 3.8) is 0 Å². The Balaban J connectivity index is 1.04. The SMILES string of the molecule is CCCCCCCCCCC(=O)N[C@H]1[C@H](Oc2c3cc4cc2Oc2ccc(cc2Cl)[C@@H](O)[C@@H]2NC(=O)[C@H](NC(=O)[C@@H]4NC(=O)[C@H]4NC(=O)[C@@H](Cc5ccc(cc5)O3)NC(=O)[C@H](NC)c3ccc(O)c(c3)Oc3cc(O)c(Cl)c4c3)c3ccc(O)c(c3)-c3c(O[C@H]4O[C@H](CO)[C@@H](O)[C@H](O)[C@@H]4O)cc(O)cc3[C@H](C(=O)O)NC2=O)O[C@H](C(=O)OC)[C@@H](O)[C@@H]1O. The van der Waals surface area contributed by atoms with E-state index < -0.39 is 271 Å². The Morgan fingerprint density at radius 3 is 1.87 bits per heavy atom. The summed E-state index contributed by atoms with van der Waals surface area (Å²) in [6, 6.07) is 4.80. The molecule has 0 unspecified atom stereocenters. The van der Waals surface area contributed by atoms with Gasteiger partial charge in [0.25, 0.3) is 0 Å². The summed E-state index contributed by atoms with van der Waals surface area (Å²) in [5, 5.41) is 157. The van der Waals surface area contributed by atoms with E-state index >= 15 is 24.0 Å². The summed E-state index contributed by atoms with van der Waals surface area (Å²) < 4.78 is 49.4. The second-order valence-corrected chi connectivity index (χ2v) is 30.7. The van der Waals surface area contributed by atoms with Crippen molar-refractivity contribution < 1.29 is 142 Å². The summed E-state index contributed by atoms with van der Waals surface area (Å²) in [6.45, 7) is 1.11. The van der Waals surface area contributed by atoms with Crippen LogP contribution in [0.15, 0.2) is 115 Å². The van der Waals surface area contributed by atoms with Gasteiger partial charge in [0.2, 0.25) is 59.7 Å². The first kappa shape index (κ1) is 88.0. The summed E-state index contributed by atoms with van der Waals surface area (Å²) in [5.74, 6) is -18.6. The van der Waals surface area contributed by atoms with Crippen LogP contribution in [0.5, 0.6) is 69.0 Å². The third-order valence-electron chi connectivity index (χ3n) is 21.7. The Hall–Kier alpha value is -11.8. The van der Waals surface area contributed by atoms with E-state index in [9.17, 15) is 80.5 Å². The topological polar surface area (TPSA) is 566 Å². The zero-order valence-corrected chi connectivity index (χ0v) is 66.7. The molecule has 37 nitrogen and oxygen atoms in total. The molecule has 0 spiro atoms. The molecule has 7 aromatic rings. The highest BCUT2D eigenvalue weighted by molar-refractivity contribution is 6.33. The van der Waals surface area contributed by atoms with Crippen LogP contribution in [0.2, 0.25) is 10.0 Å². The molecule has 648 valence electrons. The normalized spacial score (nSPS) is 26.4. The number of benzene rings is 7. The lowest BCUT2D eigenvalue weighted by molar-refractivity contribution is -0.277. The minimum atomic E-state index is -2.45. The molecule has 2 saturated heterocycles. The summed E-state index contributed by atoms with van der Waals surface area (Å²) in [4.78, 5) is 136. The number of hydrogen-bond acceptors (Lipinski definition) is 29. The standard InChI is InChI=1S/C83H88Cl2N8O29/c1-4-5-6-7-8-9-10-11-12-56(99)88-65-68(102)70(104)73(81(114)115-3)122-82(65)121-72-53-27-38-28-54(72)118-50-22-17-37(25-45(50)84)66(100)64-79(111)92-63(80(112)113)43-29-39(95)30-52(119-83-71(105)69(103)67(101)55(33-94)120-83)57(43)42-24-35(15-20-47(42)96)60(76(108)93-64)89-77(109)61(38)90-78(110)62-44-31-41(32-49(98)58(44)85)117-51-26-36(16-21-48(51)97)59(86-2)75(107)87-46(74(106)91-62)23-34-13-18-40(116-53)19-14-34/h13-22,24-32,46,55,59-71,73,82-83,86,94-98,100-105H,4-12,23,33H2,1-3H3,(H,87,107)(H,88,99)(H,89,109)(H,90,110)(H,91,106)(H,92,111)(H,93,108)(H,112,113)/t46-,55-,59-,60-,61-,62+,63-,64+,65-,66-,67-,68-,69+,70+,71+,73+,82-,83+/m1/s1. The molecule has 17 bridgehead atoms. The van der Waals surface area contributed by atoms with Crippen LogP contribution in [0.4, 0.5) is 0 Å². The number of carbonyl (C=O) groups excluding carboxylic acids is 8. The first-order chi connectivity index (χ1) is 58.3. The predicted octanol–water partition coefficient (Wildman–Crippen LogP) is 4.03. The van der Waals surface area contributed by atoms with Crippen LogP contribution in [0.1, 0.15) is 140 Å². The number of phenolic OH excluding ortho intramolecular Hbond substituents is 4. The van der Waals surface area contributed by atoms with Crippen molar-refractivity contribution in [1.29, 1.82) is 0 Å². The van der Waals surface area contributed by atoms with Crippen molar-refractivity contribution in [1.82, 2.24) is 42.5 Å². The van der Waals surface area contributed by atoms with E-state index in [1.165, 1.54) is 49.5 Å². The highest BCUT2D eigenvalue weighted by Crippen LogP contribution is 2.50. The van der Waals surface area contributed by atoms with Gasteiger partial charge >= 0.3 is 11.9 Å². The molecule has 39 heteroatoms. The van der Waals surface area contributed by atoms with Gasteiger partial charge in [-0.25, -0.2) is 9.59 Å². The zero-order valence-electron chi connectivity index (χ0n) is 65.2. The Labute approximate surface area is 704 Å². The molecule has 0 radical (unpaired) electrons. The lowest BCUT2D eigenvalue weighted by Crippen LogP contribution is -2.66. The lowest BCUT2D eigenvalue weighted by atomic mass is 9.89. The van der Waals surface area contributed by atoms with E-state index in [4.69, 9.17) is 61.1 Å². The Bertz CT molecular complexity index is 5180. The molecule has 7 amide bonds. The average molecular weight is 1730 g/mol.